The minimum Gasteiger partial charge on any atom is -0.277 e. The van der Waals surface area contributed by atoms with Crippen molar-refractivity contribution in [2.24, 2.45) is 5.10 Å². The highest BCUT2D eigenvalue weighted by atomic mass is 15.5. The average molecular weight is 254 g/mol. The highest BCUT2D eigenvalue weighted by Crippen LogP contribution is 2.18. The Labute approximate surface area is 107 Å². The number of anilines is 1. The number of benzene rings is 1. The number of tetrazole rings is 1. The lowest BCUT2D eigenvalue weighted by atomic mass is 10.1. The molecule has 0 spiro atoms. The van der Waals surface area contributed by atoms with E-state index in [1.54, 1.807) is 12.4 Å². The standard InChI is InChI=1S/C11H10N8/c1-2-4-8(5-3-1)10-9(6-12-14-10)7-13-15-11-16-18-19-17-11/h1-7H,(H,12,14)(H2,15,16,17,18,19)/b13-7-. The molecule has 2 heterocycles. The van der Waals surface area contributed by atoms with Crippen LogP contribution in [0.4, 0.5) is 5.95 Å². The molecule has 0 saturated carbocycles. The lowest BCUT2D eigenvalue weighted by Gasteiger charge is -1.98. The van der Waals surface area contributed by atoms with Gasteiger partial charge in [-0.25, -0.2) is 5.43 Å². The maximum atomic E-state index is 4.02. The lowest BCUT2D eigenvalue weighted by Crippen LogP contribution is -1.93. The van der Waals surface area contributed by atoms with Crippen LogP contribution in [-0.4, -0.2) is 37.0 Å². The van der Waals surface area contributed by atoms with E-state index in [1.165, 1.54) is 0 Å². The molecule has 0 aliphatic carbocycles. The van der Waals surface area contributed by atoms with Crippen LogP contribution in [0.2, 0.25) is 0 Å². The van der Waals surface area contributed by atoms with Gasteiger partial charge in [0.2, 0.25) is 0 Å². The summed E-state index contributed by atoms with van der Waals surface area (Å²) in [6.07, 6.45) is 3.34. The van der Waals surface area contributed by atoms with E-state index in [0.29, 0.717) is 5.95 Å². The van der Waals surface area contributed by atoms with Crippen molar-refractivity contribution in [3.8, 4) is 11.3 Å². The Morgan fingerprint density at radius 1 is 1.21 bits per heavy atom. The topological polar surface area (TPSA) is 108 Å². The highest BCUT2D eigenvalue weighted by molar-refractivity contribution is 5.88. The molecule has 0 radical (unpaired) electrons. The molecular weight excluding hydrogens is 244 g/mol. The van der Waals surface area contributed by atoms with E-state index in [0.717, 1.165) is 16.8 Å². The Kier molecular flexibility index (Phi) is 2.97. The van der Waals surface area contributed by atoms with Crippen LogP contribution in [0.25, 0.3) is 11.3 Å². The summed E-state index contributed by atoms with van der Waals surface area (Å²) in [6, 6.07) is 9.89. The fourth-order valence-corrected chi connectivity index (χ4v) is 1.60. The first kappa shape index (κ1) is 11.1. The van der Waals surface area contributed by atoms with Crippen molar-refractivity contribution in [3.63, 3.8) is 0 Å². The number of hydrogen-bond acceptors (Lipinski definition) is 6. The molecule has 0 unspecified atom stereocenters. The van der Waals surface area contributed by atoms with E-state index in [9.17, 15) is 0 Å². The summed E-state index contributed by atoms with van der Waals surface area (Å²) in [7, 11) is 0. The zero-order valence-electron chi connectivity index (χ0n) is 9.78. The third-order valence-electron chi connectivity index (χ3n) is 2.44. The maximum Gasteiger partial charge on any atom is 0.283 e. The smallest absolute Gasteiger partial charge is 0.277 e. The van der Waals surface area contributed by atoms with Crippen LogP contribution in [0.3, 0.4) is 0 Å². The van der Waals surface area contributed by atoms with Crippen molar-refractivity contribution in [1.82, 2.24) is 30.8 Å². The average Bonchev–Trinajstić information content (AvgIpc) is 3.11. The molecule has 0 saturated heterocycles. The molecule has 3 aromatic rings. The Balaban J connectivity index is 1.79. The predicted molar refractivity (Wildman–Crippen MR) is 69.4 cm³/mol. The minimum absolute atomic E-state index is 0.306. The third kappa shape index (κ3) is 2.46. The SMILES string of the molecule is C(=N/Nc1nn[nH]n1)/c1cn[nH]c1-c1ccccc1. The first-order valence-corrected chi connectivity index (χ1v) is 5.55. The normalized spacial score (nSPS) is 10.9. The summed E-state index contributed by atoms with van der Waals surface area (Å²) in [5.74, 6) is 0.306. The molecule has 8 nitrogen and oxygen atoms in total. The Morgan fingerprint density at radius 3 is 2.89 bits per heavy atom. The Morgan fingerprint density at radius 2 is 2.11 bits per heavy atom. The van der Waals surface area contributed by atoms with E-state index in [4.69, 9.17) is 0 Å². The molecule has 1 aromatic carbocycles. The lowest BCUT2D eigenvalue weighted by molar-refractivity contribution is 0.881. The number of H-pyrrole nitrogens is 2. The van der Waals surface area contributed by atoms with Gasteiger partial charge in [0, 0.05) is 11.1 Å². The number of nitrogens with zero attached hydrogens (tertiary/aromatic N) is 5. The van der Waals surface area contributed by atoms with Gasteiger partial charge in [0.25, 0.3) is 5.95 Å². The zero-order chi connectivity index (χ0) is 12.9. The van der Waals surface area contributed by atoms with Crippen LogP contribution in [0, 0.1) is 0 Å². The molecule has 2 aromatic heterocycles. The number of aromatic amines is 2. The van der Waals surface area contributed by atoms with Crippen molar-refractivity contribution in [1.29, 1.82) is 0 Å². The van der Waals surface area contributed by atoms with E-state index in [-0.39, 0.29) is 0 Å². The van der Waals surface area contributed by atoms with Crippen molar-refractivity contribution in [2.45, 2.75) is 0 Å². The van der Waals surface area contributed by atoms with Gasteiger partial charge >= 0.3 is 0 Å². The molecule has 0 aliphatic rings. The van der Waals surface area contributed by atoms with Crippen LogP contribution in [0.15, 0.2) is 41.6 Å². The summed E-state index contributed by atoms with van der Waals surface area (Å²) in [5.41, 5.74) is 5.46. The first-order chi connectivity index (χ1) is 9.43. The van der Waals surface area contributed by atoms with E-state index >= 15 is 0 Å². The molecule has 3 rings (SSSR count). The van der Waals surface area contributed by atoms with Crippen LogP contribution in [0.1, 0.15) is 5.56 Å². The maximum absolute atomic E-state index is 4.02. The molecular formula is C11H10N8. The van der Waals surface area contributed by atoms with Gasteiger partial charge < -0.3 is 0 Å². The largest absolute Gasteiger partial charge is 0.283 e. The first-order valence-electron chi connectivity index (χ1n) is 5.55. The van der Waals surface area contributed by atoms with Crippen molar-refractivity contribution in [3.05, 3.63) is 42.1 Å². The van der Waals surface area contributed by atoms with Gasteiger partial charge in [-0.05, 0) is 5.21 Å². The second-order valence-electron chi connectivity index (χ2n) is 3.67. The summed E-state index contributed by atoms with van der Waals surface area (Å²) < 4.78 is 0. The van der Waals surface area contributed by atoms with Crippen molar-refractivity contribution < 1.29 is 0 Å². The quantitative estimate of drug-likeness (QED) is 0.476. The van der Waals surface area contributed by atoms with Gasteiger partial charge in [-0.2, -0.15) is 15.4 Å². The minimum atomic E-state index is 0.306. The Hall–Kier alpha value is -3.03. The molecule has 0 amide bonds. The van der Waals surface area contributed by atoms with E-state index < -0.39 is 0 Å². The van der Waals surface area contributed by atoms with Gasteiger partial charge in [0.05, 0.1) is 18.1 Å². The van der Waals surface area contributed by atoms with Gasteiger partial charge in [0.1, 0.15) is 0 Å². The van der Waals surface area contributed by atoms with Crippen LogP contribution >= 0.6 is 0 Å². The van der Waals surface area contributed by atoms with Gasteiger partial charge in [-0.3, -0.25) is 5.10 Å². The van der Waals surface area contributed by atoms with Gasteiger partial charge in [0.15, 0.2) is 0 Å². The molecule has 3 N–H and O–H groups in total. The summed E-state index contributed by atoms with van der Waals surface area (Å²) in [5, 5.41) is 24.2. The molecule has 0 aliphatic heterocycles. The number of nitrogens with one attached hydrogen (secondary N) is 3. The predicted octanol–water partition coefficient (Wildman–Crippen LogP) is 1.04. The van der Waals surface area contributed by atoms with Gasteiger partial charge in [-0.15, -0.1) is 5.10 Å². The third-order valence-corrected chi connectivity index (χ3v) is 2.44. The van der Waals surface area contributed by atoms with E-state index in [2.05, 4.69) is 41.3 Å². The fraction of sp³-hybridized carbons (Fsp3) is 0. The number of hydrogen-bond donors (Lipinski definition) is 3. The molecule has 0 atom stereocenters. The van der Waals surface area contributed by atoms with Gasteiger partial charge in [-0.1, -0.05) is 35.4 Å². The second kappa shape index (κ2) is 5.08. The van der Waals surface area contributed by atoms with Crippen LogP contribution < -0.4 is 5.43 Å². The zero-order valence-corrected chi connectivity index (χ0v) is 9.78. The molecule has 94 valence electrons. The Bertz CT molecular complexity index is 655. The number of aromatic nitrogens is 6. The van der Waals surface area contributed by atoms with Crippen molar-refractivity contribution >= 4 is 12.2 Å². The van der Waals surface area contributed by atoms with Crippen LogP contribution in [0.5, 0.6) is 0 Å². The fourth-order valence-electron chi connectivity index (χ4n) is 1.60. The summed E-state index contributed by atoms with van der Waals surface area (Å²) in [6.45, 7) is 0. The second-order valence-corrected chi connectivity index (χ2v) is 3.67. The molecule has 8 heteroatoms. The summed E-state index contributed by atoms with van der Waals surface area (Å²) >= 11 is 0. The summed E-state index contributed by atoms with van der Waals surface area (Å²) in [4.78, 5) is 0. The molecule has 0 bridgehead atoms. The number of rotatable bonds is 4. The van der Waals surface area contributed by atoms with Crippen molar-refractivity contribution in [2.75, 3.05) is 5.43 Å². The van der Waals surface area contributed by atoms with E-state index in [1.807, 2.05) is 30.3 Å². The van der Waals surface area contributed by atoms with Crippen LogP contribution in [-0.2, 0) is 0 Å². The molecule has 0 fully saturated rings. The highest BCUT2D eigenvalue weighted by Gasteiger charge is 2.04. The monoisotopic (exact) mass is 254 g/mol. The number of hydrazone groups is 1. The molecule has 19 heavy (non-hydrogen) atoms.